The number of aryl methyl sites for hydroxylation is 1. The Labute approximate surface area is 223 Å². The maximum absolute atomic E-state index is 12.4. The number of nitrogens with one attached hydrogen (secondary N) is 2. The van der Waals surface area contributed by atoms with Crippen LogP contribution in [0.4, 0.5) is 0 Å². The van der Waals surface area contributed by atoms with E-state index in [0.717, 1.165) is 27.5 Å². The molecular formula is C28H23Cl2N3O4. The summed E-state index contributed by atoms with van der Waals surface area (Å²) in [4.78, 5) is 24.7. The van der Waals surface area contributed by atoms with Crippen LogP contribution in [0.25, 0.3) is 10.8 Å². The highest BCUT2D eigenvalue weighted by molar-refractivity contribution is 6.32. The van der Waals surface area contributed by atoms with Gasteiger partial charge >= 0.3 is 0 Å². The molecular weight excluding hydrogens is 513 g/mol. The van der Waals surface area contributed by atoms with E-state index in [0.29, 0.717) is 17.3 Å². The first-order chi connectivity index (χ1) is 17.8. The van der Waals surface area contributed by atoms with Crippen LogP contribution in [0.1, 0.15) is 27.0 Å². The molecule has 9 heteroatoms. The molecule has 37 heavy (non-hydrogen) atoms. The summed E-state index contributed by atoms with van der Waals surface area (Å²) in [6, 6.07) is 20.8. The molecule has 0 aromatic heterocycles. The Kier molecular flexibility index (Phi) is 8.28. The molecule has 0 saturated heterocycles. The average Bonchev–Trinajstić information content (AvgIpc) is 2.90. The maximum atomic E-state index is 12.4. The van der Waals surface area contributed by atoms with E-state index in [1.165, 1.54) is 24.4 Å². The van der Waals surface area contributed by atoms with Crippen molar-refractivity contribution in [3.63, 3.8) is 0 Å². The Balaban J connectivity index is 1.39. The monoisotopic (exact) mass is 535 g/mol. The van der Waals surface area contributed by atoms with Crippen molar-refractivity contribution in [2.75, 3.05) is 6.61 Å². The Bertz CT molecular complexity index is 1500. The number of carbonyl (C=O) groups is 2. The van der Waals surface area contributed by atoms with Crippen LogP contribution in [0.5, 0.6) is 11.5 Å². The fourth-order valence-corrected chi connectivity index (χ4v) is 3.93. The van der Waals surface area contributed by atoms with Crippen LogP contribution in [0.15, 0.2) is 77.9 Å². The first kappa shape index (κ1) is 26.0. The summed E-state index contributed by atoms with van der Waals surface area (Å²) in [6.45, 7) is 2.12. The first-order valence-corrected chi connectivity index (χ1v) is 12.1. The lowest BCUT2D eigenvalue weighted by Crippen LogP contribution is -2.28. The van der Waals surface area contributed by atoms with Gasteiger partial charge in [-0.15, -0.1) is 0 Å². The Hall–Kier alpha value is -4.07. The molecule has 0 fully saturated rings. The predicted molar refractivity (Wildman–Crippen MR) is 146 cm³/mol. The van der Waals surface area contributed by atoms with E-state index in [-0.39, 0.29) is 28.8 Å². The number of aromatic hydroxyl groups is 1. The third-order valence-electron chi connectivity index (χ3n) is 5.58. The highest BCUT2D eigenvalue weighted by Crippen LogP contribution is 2.28. The van der Waals surface area contributed by atoms with E-state index in [2.05, 4.69) is 15.8 Å². The van der Waals surface area contributed by atoms with Crippen molar-refractivity contribution in [3.8, 4) is 11.5 Å². The van der Waals surface area contributed by atoms with Gasteiger partial charge in [0, 0.05) is 28.1 Å². The predicted octanol–water partition coefficient (Wildman–Crippen LogP) is 5.62. The van der Waals surface area contributed by atoms with Crippen molar-refractivity contribution in [1.82, 2.24) is 10.7 Å². The second-order valence-corrected chi connectivity index (χ2v) is 9.03. The molecule has 0 atom stereocenters. The summed E-state index contributed by atoms with van der Waals surface area (Å²) in [5.74, 6) is -0.294. The number of hydrogen-bond acceptors (Lipinski definition) is 5. The van der Waals surface area contributed by atoms with Crippen molar-refractivity contribution in [2.45, 2.75) is 13.5 Å². The van der Waals surface area contributed by atoms with E-state index in [1.54, 1.807) is 12.1 Å². The van der Waals surface area contributed by atoms with E-state index >= 15 is 0 Å². The molecule has 0 heterocycles. The molecule has 0 aliphatic heterocycles. The molecule has 0 radical (unpaired) electrons. The molecule has 2 amide bonds. The zero-order valence-electron chi connectivity index (χ0n) is 19.8. The quantitative estimate of drug-likeness (QED) is 0.201. The number of carbonyl (C=O) groups excluding carboxylic acids is 2. The number of fused-ring (bicyclic) bond motifs is 1. The zero-order valence-corrected chi connectivity index (χ0v) is 21.3. The van der Waals surface area contributed by atoms with Crippen molar-refractivity contribution in [3.05, 3.63) is 105 Å². The van der Waals surface area contributed by atoms with Crippen molar-refractivity contribution >= 4 is 52.0 Å². The minimum atomic E-state index is -0.471. The molecule has 4 aromatic carbocycles. The van der Waals surface area contributed by atoms with Crippen LogP contribution in [0.2, 0.25) is 10.0 Å². The fraction of sp³-hybridized carbons (Fsp3) is 0.107. The molecule has 0 aliphatic carbocycles. The van der Waals surface area contributed by atoms with Crippen molar-refractivity contribution < 1.29 is 19.4 Å². The number of phenols is 1. The van der Waals surface area contributed by atoms with Gasteiger partial charge < -0.3 is 15.2 Å². The minimum absolute atomic E-state index is 0.0754. The smallest absolute Gasteiger partial charge is 0.271 e. The SMILES string of the molecule is Cc1ccc(CNC(=O)COc2ccc(C=NNC(=O)c3ccc(O)c(Cl)c3)c3ccccc23)cc1Cl. The molecule has 0 unspecified atom stereocenters. The van der Waals surface area contributed by atoms with Crippen LogP contribution >= 0.6 is 23.2 Å². The van der Waals surface area contributed by atoms with Gasteiger partial charge in [0.25, 0.3) is 11.8 Å². The fourth-order valence-electron chi connectivity index (χ4n) is 3.55. The Morgan fingerprint density at radius 1 is 0.973 bits per heavy atom. The number of phenolic OH excluding ortho intramolecular Hbond substituents is 1. The van der Waals surface area contributed by atoms with Gasteiger partial charge in [0.1, 0.15) is 11.5 Å². The molecule has 0 bridgehead atoms. The van der Waals surface area contributed by atoms with Gasteiger partial charge in [-0.2, -0.15) is 5.10 Å². The van der Waals surface area contributed by atoms with Gasteiger partial charge in [-0.3, -0.25) is 9.59 Å². The van der Waals surface area contributed by atoms with Gasteiger partial charge in [-0.25, -0.2) is 5.43 Å². The van der Waals surface area contributed by atoms with E-state index in [4.69, 9.17) is 27.9 Å². The van der Waals surface area contributed by atoms with Crippen LogP contribution in [0, 0.1) is 6.92 Å². The summed E-state index contributed by atoms with van der Waals surface area (Å²) < 4.78 is 5.80. The van der Waals surface area contributed by atoms with Gasteiger partial charge in [0.05, 0.1) is 11.2 Å². The largest absolute Gasteiger partial charge is 0.506 e. The van der Waals surface area contributed by atoms with Crippen LogP contribution in [0.3, 0.4) is 0 Å². The van der Waals surface area contributed by atoms with Crippen molar-refractivity contribution in [2.24, 2.45) is 5.10 Å². The number of nitrogens with zero attached hydrogens (tertiary/aromatic N) is 1. The summed E-state index contributed by atoms with van der Waals surface area (Å²) in [5.41, 5.74) is 5.33. The molecule has 0 saturated carbocycles. The topological polar surface area (TPSA) is 100 Å². The van der Waals surface area contributed by atoms with Crippen LogP contribution in [-0.4, -0.2) is 29.7 Å². The number of halogens is 2. The maximum Gasteiger partial charge on any atom is 0.271 e. The second-order valence-electron chi connectivity index (χ2n) is 8.21. The van der Waals surface area contributed by atoms with Gasteiger partial charge in [0.2, 0.25) is 0 Å². The highest BCUT2D eigenvalue weighted by Gasteiger charge is 2.10. The first-order valence-electron chi connectivity index (χ1n) is 11.3. The van der Waals surface area contributed by atoms with Gasteiger partial charge in [-0.05, 0) is 59.8 Å². The van der Waals surface area contributed by atoms with Crippen LogP contribution < -0.4 is 15.5 Å². The second kappa shape index (κ2) is 11.8. The lowest BCUT2D eigenvalue weighted by molar-refractivity contribution is -0.123. The normalized spacial score (nSPS) is 11.0. The van der Waals surface area contributed by atoms with Gasteiger partial charge in [-0.1, -0.05) is 59.6 Å². The standard InChI is InChI=1S/C28H23Cl2N3O4/c1-17-6-7-18(12-23(17)29)14-31-27(35)16-37-26-11-9-20(21-4-2-3-5-22(21)26)15-32-33-28(36)19-8-10-25(34)24(30)13-19/h2-13,15,34H,14,16H2,1H3,(H,31,35)(H,33,36). The minimum Gasteiger partial charge on any atom is -0.506 e. The number of benzene rings is 4. The Morgan fingerprint density at radius 2 is 1.76 bits per heavy atom. The number of hydrogen-bond donors (Lipinski definition) is 3. The lowest BCUT2D eigenvalue weighted by Gasteiger charge is -2.12. The zero-order chi connectivity index (χ0) is 26.4. The molecule has 3 N–H and O–H groups in total. The lowest BCUT2D eigenvalue weighted by atomic mass is 10.0. The molecule has 4 rings (SSSR count). The summed E-state index contributed by atoms with van der Waals surface area (Å²) in [5, 5.41) is 18.7. The number of hydrazone groups is 1. The molecule has 0 aliphatic rings. The summed E-state index contributed by atoms with van der Waals surface area (Å²) in [6.07, 6.45) is 1.52. The third-order valence-corrected chi connectivity index (χ3v) is 6.29. The third kappa shape index (κ3) is 6.58. The highest BCUT2D eigenvalue weighted by atomic mass is 35.5. The van der Waals surface area contributed by atoms with E-state index in [1.807, 2.05) is 49.4 Å². The molecule has 0 spiro atoms. The molecule has 4 aromatic rings. The van der Waals surface area contributed by atoms with E-state index in [9.17, 15) is 14.7 Å². The Morgan fingerprint density at radius 3 is 2.51 bits per heavy atom. The molecule has 188 valence electrons. The molecule has 7 nitrogen and oxygen atoms in total. The number of rotatable bonds is 8. The van der Waals surface area contributed by atoms with E-state index < -0.39 is 5.91 Å². The summed E-state index contributed by atoms with van der Waals surface area (Å²) >= 11 is 12.0. The number of amides is 2. The number of ether oxygens (including phenoxy) is 1. The average molecular weight is 536 g/mol. The van der Waals surface area contributed by atoms with Crippen molar-refractivity contribution in [1.29, 1.82) is 0 Å². The van der Waals surface area contributed by atoms with Crippen LogP contribution in [-0.2, 0) is 11.3 Å². The summed E-state index contributed by atoms with van der Waals surface area (Å²) in [7, 11) is 0. The van der Waals surface area contributed by atoms with Gasteiger partial charge in [0.15, 0.2) is 6.61 Å².